The monoisotopic (exact) mass is 265 g/mol. The van der Waals surface area contributed by atoms with E-state index in [4.69, 9.17) is 0 Å². The molecule has 0 fully saturated rings. The van der Waals surface area contributed by atoms with Crippen molar-refractivity contribution in [2.75, 3.05) is 17.1 Å². The van der Waals surface area contributed by atoms with Crippen LogP contribution in [0.5, 0.6) is 0 Å². The number of hydrogen-bond donors (Lipinski definition) is 2. The zero-order valence-corrected chi connectivity index (χ0v) is 10.3. The molecule has 0 spiro atoms. The zero-order chi connectivity index (χ0) is 13.0. The summed E-state index contributed by atoms with van der Waals surface area (Å²) in [6, 6.07) is 3.04. The van der Waals surface area contributed by atoms with Crippen LogP contribution in [0.4, 0.5) is 11.5 Å². The Bertz CT molecular complexity index is 612. The first kappa shape index (κ1) is 12.2. The second kappa shape index (κ2) is 4.96. The van der Waals surface area contributed by atoms with E-state index in [2.05, 4.69) is 25.0 Å². The number of hydrogen-bond acceptors (Lipinski definition) is 6. The summed E-state index contributed by atoms with van der Waals surface area (Å²) < 4.78 is 26.3. The summed E-state index contributed by atoms with van der Waals surface area (Å²) in [7, 11) is -1.95. The maximum Gasteiger partial charge on any atom is 0.263 e. The molecule has 0 atom stereocenters. The summed E-state index contributed by atoms with van der Waals surface area (Å²) in [5.74, 6) is 0.594. The van der Waals surface area contributed by atoms with Gasteiger partial charge in [0.1, 0.15) is 17.0 Å². The van der Waals surface area contributed by atoms with Gasteiger partial charge in [-0.3, -0.25) is 4.72 Å². The Labute approximate surface area is 104 Å². The van der Waals surface area contributed by atoms with Crippen molar-refractivity contribution >= 4 is 21.5 Å². The highest BCUT2D eigenvalue weighted by atomic mass is 32.2. The first-order chi connectivity index (χ1) is 8.62. The molecule has 0 aliphatic carbocycles. The maximum absolute atomic E-state index is 12.0. The molecule has 0 aliphatic rings. The molecule has 7 nitrogen and oxygen atoms in total. The van der Waals surface area contributed by atoms with E-state index in [1.807, 2.05) is 0 Å². The van der Waals surface area contributed by atoms with Crippen LogP contribution in [0.1, 0.15) is 0 Å². The quantitative estimate of drug-likeness (QED) is 0.845. The van der Waals surface area contributed by atoms with Gasteiger partial charge < -0.3 is 5.32 Å². The molecular formula is C10H11N5O2S. The Hall–Kier alpha value is -2.22. The summed E-state index contributed by atoms with van der Waals surface area (Å²) in [5, 5.41) is 2.81. The van der Waals surface area contributed by atoms with Gasteiger partial charge in [0, 0.05) is 13.2 Å². The van der Waals surface area contributed by atoms with Crippen LogP contribution in [0, 0.1) is 0 Å². The van der Waals surface area contributed by atoms with Crippen LogP contribution in [0.15, 0.2) is 41.9 Å². The number of sulfonamides is 1. The molecule has 94 valence electrons. The Balaban J connectivity index is 2.25. The third-order valence-electron chi connectivity index (χ3n) is 2.12. The van der Waals surface area contributed by atoms with E-state index in [0.717, 1.165) is 0 Å². The molecule has 2 aromatic heterocycles. The fraction of sp³-hybridized carbons (Fsp3) is 0.100. The molecule has 0 saturated heterocycles. The number of rotatable bonds is 4. The molecule has 2 heterocycles. The van der Waals surface area contributed by atoms with Crippen molar-refractivity contribution in [1.29, 1.82) is 0 Å². The third-order valence-corrected chi connectivity index (χ3v) is 3.48. The molecule has 2 aromatic rings. The number of anilines is 2. The van der Waals surface area contributed by atoms with Crippen LogP contribution in [0.3, 0.4) is 0 Å². The van der Waals surface area contributed by atoms with E-state index in [1.165, 1.54) is 31.0 Å². The number of nitrogens with zero attached hydrogens (tertiary/aromatic N) is 3. The summed E-state index contributed by atoms with van der Waals surface area (Å²) in [4.78, 5) is 11.5. The average Bonchev–Trinajstić information content (AvgIpc) is 2.39. The molecule has 0 aromatic carbocycles. The van der Waals surface area contributed by atoms with Gasteiger partial charge in [0.2, 0.25) is 0 Å². The van der Waals surface area contributed by atoms with Gasteiger partial charge in [-0.25, -0.2) is 23.4 Å². The molecule has 0 unspecified atom stereocenters. The van der Waals surface area contributed by atoms with E-state index in [0.29, 0.717) is 11.5 Å². The average molecular weight is 265 g/mol. The van der Waals surface area contributed by atoms with Crippen molar-refractivity contribution in [3.63, 3.8) is 0 Å². The van der Waals surface area contributed by atoms with Crippen LogP contribution >= 0.6 is 0 Å². The van der Waals surface area contributed by atoms with E-state index in [9.17, 15) is 8.42 Å². The lowest BCUT2D eigenvalue weighted by Crippen LogP contribution is -2.13. The molecule has 8 heteroatoms. The van der Waals surface area contributed by atoms with Crippen LogP contribution in [0.25, 0.3) is 0 Å². The summed E-state index contributed by atoms with van der Waals surface area (Å²) in [5.41, 5.74) is 0.301. The lowest BCUT2D eigenvalue weighted by atomic mass is 10.5. The number of nitrogens with one attached hydrogen (secondary N) is 2. The van der Waals surface area contributed by atoms with Gasteiger partial charge in [-0.05, 0) is 12.1 Å². The lowest BCUT2D eigenvalue weighted by Gasteiger charge is -2.07. The van der Waals surface area contributed by atoms with Gasteiger partial charge in [-0.2, -0.15) is 0 Å². The molecule has 18 heavy (non-hydrogen) atoms. The van der Waals surface area contributed by atoms with Gasteiger partial charge in [-0.1, -0.05) is 0 Å². The third kappa shape index (κ3) is 2.72. The SMILES string of the molecule is CNc1ccc(S(=O)(=O)Nc2cncnc2)cn1. The molecule has 2 N–H and O–H groups in total. The van der Waals surface area contributed by atoms with Crippen molar-refractivity contribution in [2.45, 2.75) is 4.90 Å². The molecule has 0 bridgehead atoms. The summed E-state index contributed by atoms with van der Waals surface area (Å²) >= 11 is 0. The lowest BCUT2D eigenvalue weighted by molar-refractivity contribution is 0.601. The predicted molar refractivity (Wildman–Crippen MR) is 66.6 cm³/mol. The zero-order valence-electron chi connectivity index (χ0n) is 9.53. The van der Waals surface area contributed by atoms with E-state index in [-0.39, 0.29) is 4.90 Å². The fourth-order valence-electron chi connectivity index (χ4n) is 1.25. The van der Waals surface area contributed by atoms with Gasteiger partial charge in [0.25, 0.3) is 10.0 Å². The minimum absolute atomic E-state index is 0.0744. The van der Waals surface area contributed by atoms with Gasteiger partial charge in [0.15, 0.2) is 0 Å². The van der Waals surface area contributed by atoms with Crippen molar-refractivity contribution in [2.24, 2.45) is 0 Å². The molecule has 0 aliphatic heterocycles. The second-order valence-corrected chi connectivity index (χ2v) is 5.04. The van der Waals surface area contributed by atoms with E-state index >= 15 is 0 Å². The Morgan fingerprint density at radius 3 is 2.39 bits per heavy atom. The Morgan fingerprint density at radius 1 is 1.11 bits per heavy atom. The van der Waals surface area contributed by atoms with Gasteiger partial charge >= 0.3 is 0 Å². The van der Waals surface area contributed by atoms with Crippen molar-refractivity contribution < 1.29 is 8.42 Å². The highest BCUT2D eigenvalue weighted by Crippen LogP contribution is 2.14. The van der Waals surface area contributed by atoms with Crippen LogP contribution in [-0.4, -0.2) is 30.4 Å². The van der Waals surface area contributed by atoms with E-state index < -0.39 is 10.0 Å². The minimum Gasteiger partial charge on any atom is -0.373 e. The molecule has 0 saturated carbocycles. The van der Waals surface area contributed by atoms with Gasteiger partial charge in [-0.15, -0.1) is 0 Å². The van der Waals surface area contributed by atoms with Gasteiger partial charge in [0.05, 0.1) is 18.1 Å². The molecule has 0 radical (unpaired) electrons. The maximum atomic E-state index is 12.0. The summed E-state index contributed by atoms with van der Waals surface area (Å²) in [6.45, 7) is 0. The van der Waals surface area contributed by atoms with Crippen LogP contribution in [0.2, 0.25) is 0 Å². The van der Waals surface area contributed by atoms with E-state index in [1.54, 1.807) is 13.1 Å². The standard InChI is InChI=1S/C10H11N5O2S/c1-11-10-3-2-9(6-14-10)18(16,17)15-8-4-12-7-13-5-8/h2-7,15H,1H3,(H,11,14). The highest BCUT2D eigenvalue weighted by Gasteiger charge is 2.14. The largest absolute Gasteiger partial charge is 0.373 e. The Kier molecular flexibility index (Phi) is 3.38. The minimum atomic E-state index is -3.66. The van der Waals surface area contributed by atoms with Crippen LogP contribution < -0.4 is 10.0 Å². The predicted octanol–water partition coefficient (Wildman–Crippen LogP) is 0.714. The number of pyridine rings is 1. The molecular weight excluding hydrogens is 254 g/mol. The van der Waals surface area contributed by atoms with Crippen molar-refractivity contribution in [3.8, 4) is 0 Å². The Morgan fingerprint density at radius 2 is 1.83 bits per heavy atom. The first-order valence-electron chi connectivity index (χ1n) is 5.03. The molecule has 2 rings (SSSR count). The van der Waals surface area contributed by atoms with Crippen molar-refractivity contribution in [1.82, 2.24) is 15.0 Å². The first-order valence-corrected chi connectivity index (χ1v) is 6.52. The summed E-state index contributed by atoms with van der Waals surface area (Å²) in [6.07, 6.45) is 5.35. The topological polar surface area (TPSA) is 96.9 Å². The smallest absolute Gasteiger partial charge is 0.263 e. The normalized spacial score (nSPS) is 10.9. The number of aromatic nitrogens is 3. The molecule has 0 amide bonds. The van der Waals surface area contributed by atoms with Crippen LogP contribution in [-0.2, 0) is 10.0 Å². The van der Waals surface area contributed by atoms with Crippen molar-refractivity contribution in [3.05, 3.63) is 37.1 Å². The fourth-order valence-corrected chi connectivity index (χ4v) is 2.23. The highest BCUT2D eigenvalue weighted by molar-refractivity contribution is 7.92. The second-order valence-electron chi connectivity index (χ2n) is 3.36.